The van der Waals surface area contributed by atoms with Crippen molar-refractivity contribution in [3.63, 3.8) is 0 Å². The third kappa shape index (κ3) is 2.91. The molecule has 0 aliphatic carbocycles. The van der Waals surface area contributed by atoms with Gasteiger partial charge in [0.05, 0.1) is 5.56 Å². The molecule has 7 heteroatoms. The maximum Gasteiger partial charge on any atom is 0.255 e. The van der Waals surface area contributed by atoms with Crippen LogP contribution in [0.5, 0.6) is 11.5 Å². The van der Waals surface area contributed by atoms with Gasteiger partial charge in [-0.05, 0) is 47.5 Å². The maximum atomic E-state index is 12.1. The number of para-hydroxylation sites is 1. The van der Waals surface area contributed by atoms with E-state index in [0.717, 1.165) is 16.5 Å². The largest absolute Gasteiger partial charge is 0.504 e. The number of nitrogens with one attached hydrogen (secondary N) is 2. The number of amides is 1. The SMILES string of the molecule is O=Nc1ccc2[nH]cc(CCNC(=O)c3cccc(O)c3O)c2c1. The van der Waals surface area contributed by atoms with E-state index in [-0.39, 0.29) is 11.3 Å². The molecule has 24 heavy (non-hydrogen) atoms. The molecule has 4 N–H and O–H groups in total. The molecule has 0 fully saturated rings. The number of aromatic nitrogens is 1. The van der Waals surface area contributed by atoms with Gasteiger partial charge < -0.3 is 20.5 Å². The van der Waals surface area contributed by atoms with Crippen LogP contribution in [0.15, 0.2) is 47.8 Å². The van der Waals surface area contributed by atoms with E-state index in [1.165, 1.54) is 18.2 Å². The molecule has 0 saturated carbocycles. The third-order valence-corrected chi connectivity index (χ3v) is 3.80. The minimum absolute atomic E-state index is 0.0152. The van der Waals surface area contributed by atoms with Crippen LogP contribution in [-0.2, 0) is 6.42 Å². The smallest absolute Gasteiger partial charge is 0.255 e. The number of carbonyl (C=O) groups excluding carboxylic acids is 1. The molecule has 1 aromatic heterocycles. The molecule has 0 atom stereocenters. The summed E-state index contributed by atoms with van der Waals surface area (Å²) in [4.78, 5) is 25.8. The third-order valence-electron chi connectivity index (χ3n) is 3.80. The van der Waals surface area contributed by atoms with Crippen molar-refractivity contribution in [2.24, 2.45) is 5.18 Å². The average Bonchev–Trinajstić information content (AvgIpc) is 2.99. The Hall–Kier alpha value is -3.35. The monoisotopic (exact) mass is 325 g/mol. The summed E-state index contributed by atoms with van der Waals surface area (Å²) < 4.78 is 0. The van der Waals surface area contributed by atoms with Crippen molar-refractivity contribution in [1.82, 2.24) is 10.3 Å². The first kappa shape index (κ1) is 15.5. The summed E-state index contributed by atoms with van der Waals surface area (Å²) in [6.07, 6.45) is 2.35. The number of hydrogen-bond donors (Lipinski definition) is 4. The number of nitrogens with zero attached hydrogens (tertiary/aromatic N) is 1. The van der Waals surface area contributed by atoms with E-state index in [1.54, 1.807) is 18.2 Å². The molecule has 3 aromatic rings. The van der Waals surface area contributed by atoms with Gasteiger partial charge in [-0.25, -0.2) is 0 Å². The first-order valence-corrected chi connectivity index (χ1v) is 7.32. The summed E-state index contributed by atoms with van der Waals surface area (Å²) in [5.74, 6) is -1.25. The lowest BCUT2D eigenvalue weighted by atomic mass is 10.1. The number of carbonyl (C=O) groups is 1. The van der Waals surface area contributed by atoms with Gasteiger partial charge in [0.2, 0.25) is 0 Å². The molecule has 0 aliphatic rings. The summed E-state index contributed by atoms with van der Waals surface area (Å²) in [5.41, 5.74) is 2.18. The molecule has 2 aromatic carbocycles. The molecule has 122 valence electrons. The van der Waals surface area contributed by atoms with Gasteiger partial charge in [-0.2, -0.15) is 0 Å². The van der Waals surface area contributed by atoms with Crippen LogP contribution in [0.1, 0.15) is 15.9 Å². The standard InChI is InChI=1S/C17H15N3O4/c21-15-3-1-2-12(16(15)22)17(23)18-7-6-10-9-19-14-5-4-11(20-24)8-13(10)14/h1-5,8-9,19,21-22H,6-7H2,(H,18,23). The Kier molecular flexibility index (Phi) is 4.15. The number of aromatic amines is 1. The molecule has 1 heterocycles. The van der Waals surface area contributed by atoms with Crippen molar-refractivity contribution in [2.75, 3.05) is 6.54 Å². The molecule has 0 radical (unpaired) electrons. The fraction of sp³-hybridized carbons (Fsp3) is 0.118. The first-order chi connectivity index (χ1) is 11.6. The summed E-state index contributed by atoms with van der Waals surface area (Å²) in [5, 5.41) is 25.6. The minimum atomic E-state index is -0.474. The van der Waals surface area contributed by atoms with Crippen molar-refractivity contribution in [3.05, 3.63) is 58.6 Å². The lowest BCUT2D eigenvalue weighted by Crippen LogP contribution is -2.25. The number of rotatable bonds is 5. The van der Waals surface area contributed by atoms with Crippen LogP contribution in [0.3, 0.4) is 0 Å². The second-order valence-corrected chi connectivity index (χ2v) is 5.31. The molecule has 0 aliphatic heterocycles. The molecule has 3 rings (SSSR count). The van der Waals surface area contributed by atoms with E-state index in [1.807, 2.05) is 6.20 Å². The molecule has 0 spiro atoms. The van der Waals surface area contributed by atoms with Crippen molar-refractivity contribution >= 4 is 22.5 Å². The van der Waals surface area contributed by atoms with Crippen LogP contribution < -0.4 is 5.32 Å². The Bertz CT molecular complexity index is 917. The Morgan fingerprint density at radius 2 is 2.04 bits per heavy atom. The van der Waals surface area contributed by atoms with Crippen molar-refractivity contribution in [2.45, 2.75) is 6.42 Å². The summed E-state index contributed by atoms with van der Waals surface area (Å²) in [7, 11) is 0. The normalized spacial score (nSPS) is 10.7. The Morgan fingerprint density at radius 3 is 2.83 bits per heavy atom. The van der Waals surface area contributed by atoms with Crippen molar-refractivity contribution < 1.29 is 15.0 Å². The lowest BCUT2D eigenvalue weighted by molar-refractivity contribution is 0.0951. The summed E-state index contributed by atoms with van der Waals surface area (Å²) in [6.45, 7) is 0.333. The molecule has 0 bridgehead atoms. The van der Waals surface area contributed by atoms with E-state index in [4.69, 9.17) is 0 Å². The molecular formula is C17H15N3O4. The zero-order valence-electron chi connectivity index (χ0n) is 12.6. The number of hydrogen-bond acceptors (Lipinski definition) is 5. The molecule has 1 amide bonds. The predicted octanol–water partition coefficient (Wildman–Crippen LogP) is 2.95. The van der Waals surface area contributed by atoms with Gasteiger partial charge in [0.1, 0.15) is 5.69 Å². The van der Waals surface area contributed by atoms with Crippen LogP contribution in [-0.4, -0.2) is 27.6 Å². The number of fused-ring (bicyclic) bond motifs is 1. The van der Waals surface area contributed by atoms with Crippen molar-refractivity contribution in [1.29, 1.82) is 0 Å². The van der Waals surface area contributed by atoms with Gasteiger partial charge >= 0.3 is 0 Å². The topological polar surface area (TPSA) is 115 Å². The average molecular weight is 325 g/mol. The lowest BCUT2D eigenvalue weighted by Gasteiger charge is -2.07. The van der Waals surface area contributed by atoms with Gasteiger partial charge in [-0.3, -0.25) is 4.79 Å². The number of H-pyrrole nitrogens is 1. The molecule has 0 unspecified atom stereocenters. The number of phenols is 2. The highest BCUT2D eigenvalue weighted by molar-refractivity contribution is 5.97. The Labute approximate surface area is 136 Å². The maximum absolute atomic E-state index is 12.1. The number of aromatic hydroxyl groups is 2. The van der Waals surface area contributed by atoms with Gasteiger partial charge in [0, 0.05) is 23.6 Å². The summed E-state index contributed by atoms with van der Waals surface area (Å²) in [6, 6.07) is 9.31. The zero-order valence-corrected chi connectivity index (χ0v) is 12.6. The number of nitroso groups, excluding NO2 is 1. The predicted molar refractivity (Wildman–Crippen MR) is 89.6 cm³/mol. The van der Waals surface area contributed by atoms with Crippen LogP contribution >= 0.6 is 0 Å². The van der Waals surface area contributed by atoms with E-state index >= 15 is 0 Å². The molecule has 7 nitrogen and oxygen atoms in total. The fourth-order valence-corrected chi connectivity index (χ4v) is 2.55. The zero-order chi connectivity index (χ0) is 17.1. The van der Waals surface area contributed by atoms with Gasteiger partial charge in [-0.1, -0.05) is 6.07 Å². The fourth-order valence-electron chi connectivity index (χ4n) is 2.55. The molecular weight excluding hydrogens is 310 g/mol. The van der Waals surface area contributed by atoms with Crippen LogP contribution in [0.2, 0.25) is 0 Å². The second kappa shape index (κ2) is 6.41. The van der Waals surface area contributed by atoms with E-state index in [2.05, 4.69) is 15.5 Å². The van der Waals surface area contributed by atoms with Gasteiger partial charge in [-0.15, -0.1) is 4.91 Å². The first-order valence-electron chi connectivity index (χ1n) is 7.32. The van der Waals surface area contributed by atoms with Crippen LogP contribution in [0, 0.1) is 4.91 Å². The highest BCUT2D eigenvalue weighted by atomic mass is 16.3. The minimum Gasteiger partial charge on any atom is -0.504 e. The molecule has 0 saturated heterocycles. The highest BCUT2D eigenvalue weighted by Crippen LogP contribution is 2.28. The Morgan fingerprint density at radius 1 is 1.21 bits per heavy atom. The van der Waals surface area contributed by atoms with Crippen LogP contribution in [0.4, 0.5) is 5.69 Å². The van der Waals surface area contributed by atoms with Gasteiger partial charge in [0.15, 0.2) is 11.5 Å². The second-order valence-electron chi connectivity index (χ2n) is 5.31. The van der Waals surface area contributed by atoms with Crippen LogP contribution in [0.25, 0.3) is 10.9 Å². The number of phenolic OH excluding ortho intramolecular Hbond substituents is 2. The van der Waals surface area contributed by atoms with E-state index in [9.17, 15) is 19.9 Å². The van der Waals surface area contributed by atoms with Crippen molar-refractivity contribution in [3.8, 4) is 11.5 Å². The quantitative estimate of drug-likeness (QED) is 0.426. The van der Waals surface area contributed by atoms with E-state index < -0.39 is 11.7 Å². The van der Waals surface area contributed by atoms with E-state index in [0.29, 0.717) is 18.7 Å². The highest BCUT2D eigenvalue weighted by Gasteiger charge is 2.13. The number of benzene rings is 2. The van der Waals surface area contributed by atoms with Gasteiger partial charge in [0.25, 0.3) is 5.91 Å². The summed E-state index contributed by atoms with van der Waals surface area (Å²) >= 11 is 0. The Balaban J connectivity index is 1.69.